The van der Waals surface area contributed by atoms with Gasteiger partial charge in [-0.15, -0.1) is 11.3 Å². The van der Waals surface area contributed by atoms with Crippen LogP contribution in [0.4, 0.5) is 5.69 Å². The lowest BCUT2D eigenvalue weighted by Gasteiger charge is -2.22. The Labute approximate surface area is 119 Å². The topological polar surface area (TPSA) is 44.4 Å². The summed E-state index contributed by atoms with van der Waals surface area (Å²) in [6.45, 7) is 8.02. The summed E-state index contributed by atoms with van der Waals surface area (Å²) in [7, 11) is 0. The van der Waals surface area contributed by atoms with Crippen LogP contribution in [-0.2, 0) is 11.3 Å². The van der Waals surface area contributed by atoms with Gasteiger partial charge in [0.05, 0.1) is 5.69 Å². The standard InChI is InChI=1S/C14H23N3OS/c1-3-17-7-4-5-12(17)9-15-10-14-13(6-8-19-14)16-11(2)18/h6,8,12,15H,3-5,7,9-10H2,1-2H3,(H,16,18). The molecule has 19 heavy (non-hydrogen) atoms. The van der Waals surface area contributed by atoms with Crippen molar-refractivity contribution < 1.29 is 4.79 Å². The Balaban J connectivity index is 1.79. The van der Waals surface area contributed by atoms with Crippen molar-refractivity contribution >= 4 is 22.9 Å². The molecule has 5 heteroatoms. The van der Waals surface area contributed by atoms with Crippen LogP contribution in [0, 0.1) is 0 Å². The number of nitrogens with zero attached hydrogens (tertiary/aromatic N) is 1. The van der Waals surface area contributed by atoms with Crippen LogP contribution in [0.15, 0.2) is 11.4 Å². The van der Waals surface area contributed by atoms with Gasteiger partial charge in [0.25, 0.3) is 0 Å². The lowest BCUT2D eigenvalue weighted by molar-refractivity contribution is -0.114. The average Bonchev–Trinajstić information content (AvgIpc) is 2.98. The molecule has 4 nitrogen and oxygen atoms in total. The van der Waals surface area contributed by atoms with Gasteiger partial charge in [0, 0.05) is 30.9 Å². The number of carbonyl (C=O) groups excluding carboxylic acids is 1. The number of carbonyl (C=O) groups is 1. The molecule has 0 spiro atoms. The van der Waals surface area contributed by atoms with E-state index in [2.05, 4.69) is 22.5 Å². The summed E-state index contributed by atoms with van der Waals surface area (Å²) < 4.78 is 0. The fraction of sp³-hybridized carbons (Fsp3) is 0.643. The zero-order valence-electron chi connectivity index (χ0n) is 11.7. The molecule has 0 radical (unpaired) electrons. The van der Waals surface area contributed by atoms with Gasteiger partial charge in [0.1, 0.15) is 0 Å². The summed E-state index contributed by atoms with van der Waals surface area (Å²) >= 11 is 1.69. The van der Waals surface area contributed by atoms with E-state index in [1.54, 1.807) is 18.3 Å². The fourth-order valence-electron chi connectivity index (χ4n) is 2.67. The zero-order chi connectivity index (χ0) is 13.7. The number of anilines is 1. The molecule has 0 saturated carbocycles. The third-order valence-electron chi connectivity index (χ3n) is 3.63. The molecule has 2 N–H and O–H groups in total. The van der Waals surface area contributed by atoms with Crippen molar-refractivity contribution in [3.63, 3.8) is 0 Å². The van der Waals surface area contributed by atoms with E-state index < -0.39 is 0 Å². The summed E-state index contributed by atoms with van der Waals surface area (Å²) in [6, 6.07) is 2.64. The molecule has 0 aliphatic carbocycles. The zero-order valence-corrected chi connectivity index (χ0v) is 12.6. The van der Waals surface area contributed by atoms with E-state index in [9.17, 15) is 4.79 Å². The van der Waals surface area contributed by atoms with Crippen molar-refractivity contribution in [2.45, 2.75) is 39.3 Å². The molecule has 1 amide bonds. The molecule has 2 rings (SSSR count). The maximum absolute atomic E-state index is 11.1. The smallest absolute Gasteiger partial charge is 0.221 e. The number of hydrogen-bond donors (Lipinski definition) is 2. The third-order valence-corrected chi connectivity index (χ3v) is 4.55. The molecular formula is C14H23N3OS. The van der Waals surface area contributed by atoms with Gasteiger partial charge < -0.3 is 10.6 Å². The summed E-state index contributed by atoms with van der Waals surface area (Å²) in [4.78, 5) is 14.8. The highest BCUT2D eigenvalue weighted by molar-refractivity contribution is 7.10. The van der Waals surface area contributed by atoms with E-state index in [1.165, 1.54) is 24.3 Å². The third kappa shape index (κ3) is 4.03. The van der Waals surface area contributed by atoms with E-state index in [0.717, 1.165) is 25.3 Å². The van der Waals surface area contributed by atoms with Crippen LogP contribution in [-0.4, -0.2) is 36.5 Å². The molecule has 1 aliphatic heterocycles. The van der Waals surface area contributed by atoms with Crippen LogP contribution >= 0.6 is 11.3 Å². The lowest BCUT2D eigenvalue weighted by Crippen LogP contribution is -2.37. The SMILES string of the molecule is CCN1CCCC1CNCc1sccc1NC(C)=O. The first kappa shape index (κ1) is 14.5. The molecular weight excluding hydrogens is 258 g/mol. The Hall–Kier alpha value is -0.910. The monoisotopic (exact) mass is 281 g/mol. The molecule has 2 heterocycles. The minimum Gasteiger partial charge on any atom is -0.325 e. The summed E-state index contributed by atoms with van der Waals surface area (Å²) in [5.74, 6) is -0.00685. The van der Waals surface area contributed by atoms with Gasteiger partial charge in [-0.2, -0.15) is 0 Å². The number of likely N-dealkylation sites (N-methyl/N-ethyl adjacent to an activating group) is 1. The molecule has 1 aliphatic rings. The number of likely N-dealkylation sites (tertiary alicyclic amines) is 1. The first-order valence-electron chi connectivity index (χ1n) is 6.99. The fourth-order valence-corrected chi connectivity index (χ4v) is 3.47. The highest BCUT2D eigenvalue weighted by atomic mass is 32.1. The predicted octanol–water partition coefficient (Wildman–Crippen LogP) is 2.28. The van der Waals surface area contributed by atoms with Crippen molar-refractivity contribution in [3.05, 3.63) is 16.3 Å². The highest BCUT2D eigenvalue weighted by Crippen LogP contribution is 2.22. The van der Waals surface area contributed by atoms with Crippen LogP contribution < -0.4 is 10.6 Å². The number of thiophene rings is 1. The van der Waals surface area contributed by atoms with Crippen LogP contribution in [0.25, 0.3) is 0 Å². The van der Waals surface area contributed by atoms with Crippen LogP contribution in [0.1, 0.15) is 31.6 Å². The number of nitrogens with one attached hydrogen (secondary N) is 2. The quantitative estimate of drug-likeness (QED) is 0.841. The molecule has 1 fully saturated rings. The normalized spacial score (nSPS) is 19.8. The van der Waals surface area contributed by atoms with Gasteiger partial charge in [0.15, 0.2) is 0 Å². The Morgan fingerprint density at radius 1 is 1.58 bits per heavy atom. The first-order valence-corrected chi connectivity index (χ1v) is 7.87. The lowest BCUT2D eigenvalue weighted by atomic mass is 10.2. The summed E-state index contributed by atoms with van der Waals surface area (Å²) in [5.41, 5.74) is 0.948. The van der Waals surface area contributed by atoms with Gasteiger partial charge in [0.2, 0.25) is 5.91 Å². The van der Waals surface area contributed by atoms with E-state index >= 15 is 0 Å². The Bertz CT molecular complexity index is 419. The summed E-state index contributed by atoms with van der Waals surface area (Å²) in [6.07, 6.45) is 2.61. The summed E-state index contributed by atoms with van der Waals surface area (Å²) in [5, 5.41) is 8.42. The minimum atomic E-state index is -0.00685. The molecule has 1 aromatic rings. The number of amides is 1. The molecule has 1 saturated heterocycles. The largest absolute Gasteiger partial charge is 0.325 e. The maximum atomic E-state index is 11.1. The van der Waals surface area contributed by atoms with Gasteiger partial charge in [-0.3, -0.25) is 9.69 Å². The van der Waals surface area contributed by atoms with Gasteiger partial charge in [-0.1, -0.05) is 6.92 Å². The van der Waals surface area contributed by atoms with Crippen molar-refractivity contribution in [2.24, 2.45) is 0 Å². The molecule has 1 unspecified atom stereocenters. The van der Waals surface area contributed by atoms with Gasteiger partial charge in [-0.25, -0.2) is 0 Å². The van der Waals surface area contributed by atoms with Crippen LogP contribution in [0.5, 0.6) is 0 Å². The van der Waals surface area contributed by atoms with Gasteiger partial charge >= 0.3 is 0 Å². The number of rotatable bonds is 6. The van der Waals surface area contributed by atoms with E-state index in [-0.39, 0.29) is 5.91 Å². The molecule has 0 aromatic carbocycles. The van der Waals surface area contributed by atoms with Crippen molar-refractivity contribution in [1.82, 2.24) is 10.2 Å². The van der Waals surface area contributed by atoms with Crippen molar-refractivity contribution in [2.75, 3.05) is 25.0 Å². The number of hydrogen-bond acceptors (Lipinski definition) is 4. The second-order valence-corrected chi connectivity index (χ2v) is 5.99. The van der Waals surface area contributed by atoms with E-state index in [1.807, 2.05) is 11.4 Å². The maximum Gasteiger partial charge on any atom is 0.221 e. The Morgan fingerprint density at radius 2 is 2.42 bits per heavy atom. The van der Waals surface area contributed by atoms with Crippen LogP contribution in [0.3, 0.4) is 0 Å². The second kappa shape index (κ2) is 7.03. The Morgan fingerprint density at radius 3 is 3.16 bits per heavy atom. The second-order valence-electron chi connectivity index (χ2n) is 4.99. The first-order chi connectivity index (χ1) is 9.20. The molecule has 106 valence electrons. The van der Waals surface area contributed by atoms with Gasteiger partial charge in [-0.05, 0) is 37.4 Å². The van der Waals surface area contributed by atoms with E-state index in [4.69, 9.17) is 0 Å². The Kier molecular flexibility index (Phi) is 5.36. The highest BCUT2D eigenvalue weighted by Gasteiger charge is 2.22. The van der Waals surface area contributed by atoms with Crippen LogP contribution in [0.2, 0.25) is 0 Å². The van der Waals surface area contributed by atoms with E-state index in [0.29, 0.717) is 6.04 Å². The molecule has 1 atom stereocenters. The minimum absolute atomic E-state index is 0.00685. The predicted molar refractivity (Wildman–Crippen MR) is 80.6 cm³/mol. The molecule has 1 aromatic heterocycles. The van der Waals surface area contributed by atoms with Crippen molar-refractivity contribution in [1.29, 1.82) is 0 Å². The molecule has 0 bridgehead atoms. The van der Waals surface area contributed by atoms with Crippen molar-refractivity contribution in [3.8, 4) is 0 Å². The average molecular weight is 281 g/mol.